The highest BCUT2D eigenvalue weighted by Gasteiger charge is 2.45. The number of ether oxygens (including phenoxy) is 2. The van der Waals surface area contributed by atoms with E-state index in [9.17, 15) is 38.4 Å². The van der Waals surface area contributed by atoms with Gasteiger partial charge in [-0.3, -0.25) is 58.0 Å². The zero-order valence-electron chi connectivity index (χ0n) is 41.5. The van der Waals surface area contributed by atoms with Gasteiger partial charge in [-0.1, -0.05) is 112 Å². The second-order valence-electron chi connectivity index (χ2n) is 19.7. The number of fused-ring (bicyclic) bond motifs is 2. The normalized spacial score (nSPS) is 17.4. The van der Waals surface area contributed by atoms with Gasteiger partial charge in [0, 0.05) is 30.1 Å². The lowest BCUT2D eigenvalue weighted by atomic mass is 9.78. The number of likely N-dealkylation sites (tertiary alicyclic amines) is 2. The molecular formula is C61H52N4O10. The molecule has 0 spiro atoms. The maximum absolute atomic E-state index is 13.6. The summed E-state index contributed by atoms with van der Waals surface area (Å²) in [6.45, 7) is 10.8. The van der Waals surface area contributed by atoms with E-state index in [1.54, 1.807) is 24.3 Å². The zero-order chi connectivity index (χ0) is 52.7. The Hall–Kier alpha value is -9.04. The smallest absolute Gasteiger partial charge is 0.263 e. The van der Waals surface area contributed by atoms with E-state index in [1.807, 2.05) is 97.1 Å². The minimum atomic E-state index is -0.620. The van der Waals surface area contributed by atoms with Gasteiger partial charge in [0.05, 0.1) is 22.3 Å². The van der Waals surface area contributed by atoms with Gasteiger partial charge < -0.3 is 9.47 Å². The van der Waals surface area contributed by atoms with Crippen molar-refractivity contribution in [3.8, 4) is 23.0 Å². The lowest BCUT2D eigenvalue weighted by molar-refractivity contribution is -0.142. The SMILES string of the molecule is C=Cc1ccc(CCC2CC(=O)N(CN3C(=O)c4ccc(Oc5ccc(C(C)(C)c6ccc(Oc7ccc8c(c7)C(=O)N(CN7C(=O)CC(CCc9ccc(C=C)cc9)C7=O)C8=O)cc6)cc5)cc4C3=O)C2=O)cc1. The van der Waals surface area contributed by atoms with Crippen molar-refractivity contribution < 1.29 is 47.8 Å². The summed E-state index contributed by atoms with van der Waals surface area (Å²) in [5, 5.41) is 0. The number of carbonyl (C=O) groups excluding carboxylic acids is 8. The van der Waals surface area contributed by atoms with E-state index in [0.29, 0.717) is 48.7 Å². The molecule has 6 aromatic rings. The fourth-order valence-corrected chi connectivity index (χ4v) is 10.1. The molecule has 14 nitrogen and oxygen atoms in total. The van der Waals surface area contributed by atoms with Gasteiger partial charge in [-0.25, -0.2) is 0 Å². The van der Waals surface area contributed by atoms with Crippen molar-refractivity contribution in [2.45, 2.75) is 57.8 Å². The molecule has 2 saturated heterocycles. The Labute approximate surface area is 433 Å². The van der Waals surface area contributed by atoms with Crippen LogP contribution in [-0.4, -0.2) is 80.2 Å². The molecule has 6 aromatic carbocycles. The van der Waals surface area contributed by atoms with Crippen LogP contribution in [0.4, 0.5) is 0 Å². The van der Waals surface area contributed by atoms with Crippen LogP contribution in [0.15, 0.2) is 147 Å². The van der Waals surface area contributed by atoms with Crippen LogP contribution in [0.25, 0.3) is 12.2 Å². The second-order valence-corrected chi connectivity index (χ2v) is 19.7. The third-order valence-electron chi connectivity index (χ3n) is 14.7. The van der Waals surface area contributed by atoms with Crippen molar-refractivity contribution in [3.63, 3.8) is 0 Å². The fourth-order valence-electron chi connectivity index (χ4n) is 10.1. The van der Waals surface area contributed by atoms with E-state index < -0.39 is 77.8 Å². The second kappa shape index (κ2) is 20.1. The molecule has 0 aromatic heterocycles. The number of amides is 8. The van der Waals surface area contributed by atoms with Gasteiger partial charge in [-0.05, 0) is 120 Å². The Bertz CT molecular complexity index is 3140. The van der Waals surface area contributed by atoms with Crippen molar-refractivity contribution in [1.82, 2.24) is 19.6 Å². The van der Waals surface area contributed by atoms with Gasteiger partial charge in [0.15, 0.2) is 0 Å². The van der Waals surface area contributed by atoms with Crippen LogP contribution in [0.1, 0.15) is 114 Å². The van der Waals surface area contributed by atoms with E-state index in [4.69, 9.17) is 9.47 Å². The van der Waals surface area contributed by atoms with E-state index in [2.05, 4.69) is 27.0 Å². The monoisotopic (exact) mass is 1000 g/mol. The Morgan fingerprint density at radius 1 is 0.453 bits per heavy atom. The minimum Gasteiger partial charge on any atom is -0.457 e. The van der Waals surface area contributed by atoms with Crippen LogP contribution in [0.5, 0.6) is 23.0 Å². The lowest BCUT2D eigenvalue weighted by Gasteiger charge is -2.26. The van der Waals surface area contributed by atoms with E-state index in [-0.39, 0.29) is 35.1 Å². The van der Waals surface area contributed by atoms with Crippen LogP contribution in [0.3, 0.4) is 0 Å². The quantitative estimate of drug-likeness (QED) is 0.0756. The van der Waals surface area contributed by atoms with Crippen molar-refractivity contribution in [1.29, 1.82) is 0 Å². The molecule has 10 rings (SSSR count). The molecule has 4 aliphatic heterocycles. The Kier molecular flexibility index (Phi) is 13.3. The molecule has 4 heterocycles. The molecule has 2 fully saturated rings. The third-order valence-corrected chi connectivity index (χ3v) is 14.7. The van der Waals surface area contributed by atoms with Crippen molar-refractivity contribution in [2.75, 3.05) is 13.3 Å². The number of rotatable bonds is 18. The van der Waals surface area contributed by atoms with E-state index >= 15 is 0 Å². The highest BCUT2D eigenvalue weighted by Crippen LogP contribution is 2.37. The van der Waals surface area contributed by atoms with Crippen LogP contribution in [0, 0.1) is 11.8 Å². The molecule has 2 atom stereocenters. The Morgan fingerprint density at radius 3 is 1.16 bits per heavy atom. The minimum absolute atomic E-state index is 0.0176. The predicted octanol–water partition coefficient (Wildman–Crippen LogP) is 10.0. The first-order chi connectivity index (χ1) is 36.1. The average Bonchev–Trinajstić information content (AvgIpc) is 4.05. The summed E-state index contributed by atoms with van der Waals surface area (Å²) >= 11 is 0. The van der Waals surface area contributed by atoms with Gasteiger partial charge in [0.2, 0.25) is 23.6 Å². The number of imide groups is 4. The van der Waals surface area contributed by atoms with Crippen molar-refractivity contribution >= 4 is 59.4 Å². The highest BCUT2D eigenvalue weighted by atomic mass is 16.5. The number of hydrogen-bond donors (Lipinski definition) is 0. The molecule has 8 amide bonds. The van der Waals surface area contributed by atoms with E-state index in [1.165, 1.54) is 24.3 Å². The molecule has 14 heteroatoms. The molecule has 0 N–H and O–H groups in total. The molecule has 0 radical (unpaired) electrons. The molecule has 0 aliphatic carbocycles. The van der Waals surface area contributed by atoms with Crippen LogP contribution < -0.4 is 9.47 Å². The van der Waals surface area contributed by atoms with Gasteiger partial charge in [0.1, 0.15) is 36.3 Å². The van der Waals surface area contributed by atoms with Crippen molar-refractivity contribution in [3.05, 3.63) is 202 Å². The van der Waals surface area contributed by atoms with Gasteiger partial charge in [-0.15, -0.1) is 0 Å². The largest absolute Gasteiger partial charge is 0.457 e. The number of hydrogen-bond acceptors (Lipinski definition) is 10. The molecule has 4 aliphatic rings. The first-order valence-corrected chi connectivity index (χ1v) is 24.8. The molecule has 376 valence electrons. The third kappa shape index (κ3) is 9.70. The highest BCUT2D eigenvalue weighted by molar-refractivity contribution is 6.23. The van der Waals surface area contributed by atoms with Crippen LogP contribution in [0.2, 0.25) is 0 Å². The Morgan fingerprint density at radius 2 is 0.800 bits per heavy atom. The summed E-state index contributed by atoms with van der Waals surface area (Å²) in [5.41, 5.74) is 6.04. The van der Waals surface area contributed by atoms with E-state index in [0.717, 1.165) is 53.0 Å². The lowest BCUT2D eigenvalue weighted by Crippen LogP contribution is -2.44. The molecule has 75 heavy (non-hydrogen) atoms. The molecular weight excluding hydrogens is 949 g/mol. The molecule has 0 bridgehead atoms. The number of benzene rings is 6. The van der Waals surface area contributed by atoms with Gasteiger partial charge in [-0.2, -0.15) is 0 Å². The topological polar surface area (TPSA) is 168 Å². The van der Waals surface area contributed by atoms with Crippen LogP contribution >= 0.6 is 0 Å². The number of nitrogens with zero attached hydrogens (tertiary/aromatic N) is 4. The predicted molar refractivity (Wildman–Crippen MR) is 278 cm³/mol. The first kappa shape index (κ1) is 49.5. The maximum atomic E-state index is 13.6. The summed E-state index contributed by atoms with van der Waals surface area (Å²) in [6, 6.07) is 39.8. The summed E-state index contributed by atoms with van der Waals surface area (Å²) in [4.78, 5) is 111. The fraction of sp³-hybridized carbons (Fsp3) is 0.213. The first-order valence-electron chi connectivity index (χ1n) is 24.8. The van der Waals surface area contributed by atoms with Crippen LogP contribution in [-0.2, 0) is 37.4 Å². The van der Waals surface area contributed by atoms with Gasteiger partial charge in [0.25, 0.3) is 23.6 Å². The summed E-state index contributed by atoms with van der Waals surface area (Å²) < 4.78 is 12.3. The van der Waals surface area contributed by atoms with Crippen molar-refractivity contribution in [2.24, 2.45) is 11.8 Å². The summed E-state index contributed by atoms with van der Waals surface area (Å²) in [6.07, 6.45) is 5.66. The number of carbonyl (C=O) groups is 8. The standard InChI is InChI=1S/C61H52N4O10/c1-5-37-7-11-39(12-8-37)15-17-41-31-53(66)62(55(41)68)35-64-57(70)49-29-27-47(33-51(49)59(64)72)74-45-23-19-43(20-24-45)61(3,4)44-21-25-46(26-22-44)75-48-28-30-50-52(34-48)60(73)65(58(50)71)36-63-54(67)32-42(56(63)69)18-16-40-13-9-38(6-2)10-14-40/h5-14,19-30,33-34,41-42H,1-2,15-18,31-32,35-36H2,3-4H3. The van der Waals surface area contributed by atoms with Gasteiger partial charge >= 0.3 is 0 Å². The molecule has 2 unspecified atom stereocenters. The average molecular weight is 1000 g/mol. The maximum Gasteiger partial charge on any atom is 0.263 e. The Balaban J connectivity index is 0.724. The summed E-state index contributed by atoms with van der Waals surface area (Å²) in [5.74, 6) is -3.52. The molecule has 0 saturated carbocycles. The summed E-state index contributed by atoms with van der Waals surface area (Å²) in [7, 11) is 0. The number of aryl methyl sites for hydroxylation is 2. The zero-order valence-corrected chi connectivity index (χ0v) is 41.5.